The summed E-state index contributed by atoms with van der Waals surface area (Å²) in [6.45, 7) is 3.05. The molecule has 0 spiro atoms. The minimum absolute atomic E-state index is 0.0264. The van der Waals surface area contributed by atoms with Crippen LogP contribution in [-0.4, -0.2) is 256 Å². The summed E-state index contributed by atoms with van der Waals surface area (Å²) in [5.74, 6) is -5.27. The molecule has 0 amide bonds. The van der Waals surface area contributed by atoms with Crippen molar-refractivity contribution in [1.82, 2.24) is 72.7 Å². The SMILES string of the molecule is C[C@@]1(F)[C@H](O)[C@@H](CO)O[C@H]1n1cc(F)c2c(=O)[nH]c(N)nc21.C[C@@]1(F)[C@H](O)[C@@H](CO)O[C@H]1n1cc(F)c2c(N)nc(N)nc21.C[C@@]1(F)[C@H](O)[C@@H](CO)O[C@H]1n1cc(F)c2c(N)ncnc21.C[C@@]1(O)[C@H](O)[C@@H](CO)O[C@H]1n1cc(F)c2c(=O)[nH]c(N)nc21.C[C@@]1(O)[C@H](O)[C@@H](CO)O[C@H]1n1cc(F)c2c(N)nc(N)nc21. The van der Waals surface area contributed by atoms with E-state index in [4.69, 9.17) is 84.2 Å². The molecule has 0 radical (unpaired) electrons. The molecule has 5 aliphatic heterocycles. The third-order valence-corrected chi connectivity index (χ3v) is 19.1. The number of nitrogens with zero attached hydrogens (tertiary/aromatic N) is 13. The molecule has 28 N–H and O–H groups in total. The molecular weight excluding hydrogens is 1480 g/mol. The van der Waals surface area contributed by atoms with Gasteiger partial charge in [0.15, 0.2) is 105 Å². The van der Waals surface area contributed by atoms with E-state index in [1.807, 2.05) is 0 Å². The van der Waals surface area contributed by atoms with Crippen molar-refractivity contribution in [2.24, 2.45) is 0 Å². The van der Waals surface area contributed by atoms with Gasteiger partial charge in [-0.05, 0) is 34.6 Å². The number of aromatic nitrogens is 15. The molecule has 0 bridgehead atoms. The number of fused-ring (bicyclic) bond motifs is 5. The number of nitrogens with two attached hydrogens (primary N) is 7. The molecular formula is C60H74F8N22O19. The summed E-state index contributed by atoms with van der Waals surface area (Å²) in [5, 5.41) is 115. The Kier molecular flexibility index (Phi) is 21.4. The van der Waals surface area contributed by atoms with Gasteiger partial charge < -0.3 is 125 Å². The molecule has 41 nitrogen and oxygen atoms in total. The number of hydrogen-bond acceptors (Lipinski definition) is 34. The summed E-state index contributed by atoms with van der Waals surface area (Å²) in [6, 6.07) is 0. The second-order valence-corrected chi connectivity index (χ2v) is 26.7. The van der Waals surface area contributed by atoms with Gasteiger partial charge in [-0.1, -0.05) is 0 Å². The van der Waals surface area contributed by atoms with Crippen molar-refractivity contribution in [3.05, 3.63) is 87.1 Å². The molecule has 0 unspecified atom stereocenters. The van der Waals surface area contributed by atoms with Gasteiger partial charge in [-0.3, -0.25) is 42.4 Å². The number of aliphatic hydroxyl groups excluding tert-OH is 10. The Hall–Kier alpha value is -9.94. The summed E-state index contributed by atoms with van der Waals surface area (Å²) < 4.78 is 146. The minimum Gasteiger partial charge on any atom is -0.394 e. The van der Waals surface area contributed by atoms with Crippen LogP contribution in [0.15, 0.2) is 46.9 Å². The molecule has 5 saturated heterocycles. The van der Waals surface area contributed by atoms with Crippen molar-refractivity contribution in [3.8, 4) is 0 Å². The van der Waals surface area contributed by atoms with Crippen molar-refractivity contribution in [1.29, 1.82) is 0 Å². The van der Waals surface area contributed by atoms with Gasteiger partial charge in [0.1, 0.15) is 107 Å². The van der Waals surface area contributed by atoms with E-state index in [0.29, 0.717) is 0 Å². The predicted molar refractivity (Wildman–Crippen MR) is 359 cm³/mol. The van der Waals surface area contributed by atoms with Crippen LogP contribution in [-0.2, 0) is 23.7 Å². The average Bonchev–Trinajstić information content (AvgIpc) is 1.59. The number of halogens is 8. The van der Waals surface area contributed by atoms with E-state index in [0.717, 1.165) is 76.4 Å². The fourth-order valence-corrected chi connectivity index (χ4v) is 13.4. The fourth-order valence-electron chi connectivity index (χ4n) is 13.4. The lowest BCUT2D eigenvalue weighted by Gasteiger charge is -2.27. The van der Waals surface area contributed by atoms with E-state index in [9.17, 15) is 85.6 Å². The highest BCUT2D eigenvalue weighted by molar-refractivity contribution is 5.89. The number of aromatic amines is 2. The maximum absolute atomic E-state index is 14.8. The van der Waals surface area contributed by atoms with E-state index in [1.54, 1.807) is 0 Å². The second-order valence-electron chi connectivity index (χ2n) is 26.7. The summed E-state index contributed by atoms with van der Waals surface area (Å²) in [5.41, 5.74) is 26.4. The van der Waals surface area contributed by atoms with E-state index in [-0.39, 0.29) is 91.0 Å². The van der Waals surface area contributed by atoms with Crippen LogP contribution in [0.3, 0.4) is 0 Å². The number of aliphatic hydroxyl groups is 12. The third kappa shape index (κ3) is 13.6. The molecule has 20 atom stereocenters. The molecule has 15 rings (SSSR count). The highest BCUT2D eigenvalue weighted by Crippen LogP contribution is 2.48. The van der Waals surface area contributed by atoms with Gasteiger partial charge in [0.2, 0.25) is 23.8 Å². The van der Waals surface area contributed by atoms with Crippen molar-refractivity contribution in [2.45, 2.75) is 155 Å². The molecule has 15 heterocycles. The average molecular weight is 1560 g/mol. The molecule has 5 fully saturated rings. The third-order valence-electron chi connectivity index (χ3n) is 19.1. The first-order chi connectivity index (χ1) is 50.9. The molecule has 0 saturated carbocycles. The van der Waals surface area contributed by atoms with E-state index < -0.39 is 199 Å². The van der Waals surface area contributed by atoms with Crippen molar-refractivity contribution in [3.63, 3.8) is 0 Å². The number of nitrogen functional groups attached to an aromatic ring is 7. The van der Waals surface area contributed by atoms with E-state index in [2.05, 4.69) is 49.8 Å². The lowest BCUT2D eigenvalue weighted by atomic mass is 9.96. The Morgan fingerprint density at radius 2 is 0.642 bits per heavy atom. The predicted octanol–water partition coefficient (Wildman–Crippen LogP) is -3.55. The first kappa shape index (κ1) is 80.1. The summed E-state index contributed by atoms with van der Waals surface area (Å²) in [6.07, 6.45) is -13.8. The van der Waals surface area contributed by atoms with Crippen LogP contribution in [0.5, 0.6) is 0 Å². The van der Waals surface area contributed by atoms with E-state index in [1.165, 1.54) is 18.4 Å². The van der Waals surface area contributed by atoms with Crippen molar-refractivity contribution >= 4 is 96.4 Å². The molecule has 10 aromatic heterocycles. The molecule has 10 aromatic rings. The Balaban J connectivity index is 0.000000135. The van der Waals surface area contributed by atoms with Gasteiger partial charge in [-0.15, -0.1) is 0 Å². The number of anilines is 7. The highest BCUT2D eigenvalue weighted by Gasteiger charge is 2.59. The van der Waals surface area contributed by atoms with Crippen molar-refractivity contribution in [2.75, 3.05) is 73.2 Å². The minimum atomic E-state index is -2.33. The summed E-state index contributed by atoms with van der Waals surface area (Å²) >= 11 is 0. The molecule has 0 aliphatic carbocycles. The molecule has 109 heavy (non-hydrogen) atoms. The zero-order chi connectivity index (χ0) is 80.3. The number of H-pyrrole nitrogens is 2. The number of rotatable bonds is 10. The van der Waals surface area contributed by atoms with Crippen LogP contribution in [0.4, 0.5) is 76.4 Å². The zero-order valence-corrected chi connectivity index (χ0v) is 57.3. The Morgan fingerprint density at radius 3 is 0.936 bits per heavy atom. The zero-order valence-electron chi connectivity index (χ0n) is 57.3. The normalized spacial score (nSPS) is 32.1. The quantitative estimate of drug-likeness (QED) is 0.0590. The molecule has 0 aromatic carbocycles. The monoisotopic (exact) mass is 1560 g/mol. The van der Waals surface area contributed by atoms with Crippen LogP contribution in [0.25, 0.3) is 55.2 Å². The van der Waals surface area contributed by atoms with E-state index >= 15 is 0 Å². The number of nitrogens with one attached hydrogen (secondary N) is 2. The highest BCUT2D eigenvalue weighted by atomic mass is 19.2. The maximum atomic E-state index is 14.8. The molecule has 49 heteroatoms. The lowest BCUT2D eigenvalue weighted by molar-refractivity contribution is -0.0950. The van der Waals surface area contributed by atoms with Gasteiger partial charge >= 0.3 is 0 Å². The second kappa shape index (κ2) is 29.1. The first-order valence-corrected chi connectivity index (χ1v) is 32.3. The summed E-state index contributed by atoms with van der Waals surface area (Å²) in [4.78, 5) is 58.2. The van der Waals surface area contributed by atoms with Gasteiger partial charge in [0, 0.05) is 31.0 Å². The van der Waals surface area contributed by atoms with Gasteiger partial charge in [0.25, 0.3) is 11.1 Å². The Morgan fingerprint density at radius 1 is 0.385 bits per heavy atom. The molecule has 594 valence electrons. The van der Waals surface area contributed by atoms with Crippen molar-refractivity contribution < 1.29 is 120 Å². The number of ether oxygens (including phenoxy) is 5. The summed E-state index contributed by atoms with van der Waals surface area (Å²) in [7, 11) is 0. The number of alkyl halides is 3. The van der Waals surface area contributed by atoms with Crippen LogP contribution < -0.4 is 51.3 Å². The molecule has 5 aliphatic rings. The van der Waals surface area contributed by atoms with Gasteiger partial charge in [-0.2, -0.15) is 29.9 Å². The maximum Gasteiger partial charge on any atom is 0.264 e. The van der Waals surface area contributed by atoms with Gasteiger partial charge in [0.05, 0.1) is 49.2 Å². The Labute approximate surface area is 602 Å². The van der Waals surface area contributed by atoms with Gasteiger partial charge in [-0.25, -0.2) is 45.1 Å². The first-order valence-electron chi connectivity index (χ1n) is 32.3. The smallest absolute Gasteiger partial charge is 0.264 e. The topological polar surface area (TPSA) is 665 Å². The Bertz CT molecular complexity index is 4940. The van der Waals surface area contributed by atoms with Crippen LogP contribution in [0.2, 0.25) is 0 Å². The largest absolute Gasteiger partial charge is 0.394 e. The fraction of sp³-hybridized carbons (Fsp3) is 0.500. The standard InChI is InChI=1S/C12H15F2N5O3.C12H14F2N4O4.C12H14F2N4O3.C12H16FN5O4.C12H15FN4O5/c1-12(14)7(21)5(3-20)22-10(12)19-2-4(13)6-8(15)17-11(16)18-9(6)19;1-12(14)7(20)5(3-19)22-10(12)18-2-4(13)6-8(18)16-11(15)17-9(6)21;1-12(14)8(20)6(3-19)21-11(12)18-2-5(13)7-9(15)16-4-17-10(7)18;1-12(21)7(20)5(3-19)22-10(12)18-2-4(13)6-8(14)16-11(15)17-9(6)18;1-12(21)7(19)5(3-18)22-10(12)17-2-4(13)6-8(17)15-11(14)16-9(6)20/h2,5,7,10,20-21H,3H2,1H3,(H4,15,16,17,18);2,5,7,10,19-20H,3H2,1H3,(H3,15,16,17,21);2,4,6,8,11,19-20H,3H2,1H3,(H2,15,16,17);2,5,7,10,19-21H,3H2,1H3,(H4,14,15,16,17);2,5,7,10,18-19,21H,3H2,1H3,(H3,14,15,16,20)/t2*5-,7-,10-,12-;6-,8-,11-,12-;2*5-,7-,10-,12-/m11111/s1. The van der Waals surface area contributed by atoms with Crippen LogP contribution >= 0.6 is 0 Å². The van der Waals surface area contributed by atoms with Crippen LogP contribution in [0, 0.1) is 29.1 Å². The number of hydrogen-bond donors (Lipinski definition) is 21. The lowest BCUT2D eigenvalue weighted by Crippen LogP contribution is -2.44. The van der Waals surface area contributed by atoms with Crippen LogP contribution in [0.1, 0.15) is 65.8 Å².